The number of aryl methyl sites for hydroxylation is 1. The van der Waals surface area contributed by atoms with Crippen LogP contribution in [0.5, 0.6) is 0 Å². The van der Waals surface area contributed by atoms with E-state index in [1.54, 1.807) is 12.4 Å². The van der Waals surface area contributed by atoms with Crippen LogP contribution in [0.25, 0.3) is 0 Å². The number of aromatic nitrogens is 5. The standard InChI is InChI=1S/C16H16N8O5S3.Na/c1-23-16(19-21-22-23)32-4-7-3-31-14-10(13(26)24(14)11(7)15(27)28)18-12(25)9(20-29-2)8-5-30-6-17-8;/h5-6,10,14H,3-4H2,1-2H3,(H,18,25)(H,27,28);/q;+1/p-1/b20-9+;/t10?,14-;/m1./s1. The predicted molar refractivity (Wildman–Crippen MR) is 112 cm³/mol. The Hall–Kier alpha value is -1.98. The van der Waals surface area contributed by atoms with E-state index < -0.39 is 29.2 Å². The van der Waals surface area contributed by atoms with E-state index in [1.165, 1.54) is 52.2 Å². The van der Waals surface area contributed by atoms with Crippen molar-refractivity contribution < 1.29 is 53.9 Å². The van der Waals surface area contributed by atoms with Crippen molar-refractivity contribution in [1.29, 1.82) is 0 Å². The Morgan fingerprint density at radius 3 is 2.85 bits per heavy atom. The summed E-state index contributed by atoms with van der Waals surface area (Å²) in [6, 6.07) is -0.917. The van der Waals surface area contributed by atoms with Gasteiger partial charge in [0, 0.05) is 23.9 Å². The van der Waals surface area contributed by atoms with E-state index in [0.29, 0.717) is 22.2 Å². The molecule has 2 aromatic heterocycles. The number of hydrogen-bond donors (Lipinski definition) is 1. The average Bonchev–Trinajstić information content (AvgIpc) is 3.45. The summed E-state index contributed by atoms with van der Waals surface area (Å²) in [7, 11) is 2.96. The Kier molecular flexibility index (Phi) is 8.52. The summed E-state index contributed by atoms with van der Waals surface area (Å²) in [4.78, 5) is 47.2. The first-order valence-electron chi connectivity index (χ1n) is 8.96. The molecule has 1 fully saturated rings. The zero-order chi connectivity index (χ0) is 22.8. The summed E-state index contributed by atoms with van der Waals surface area (Å²) in [5.41, 5.74) is 2.10. The number of hydrogen-bond acceptors (Lipinski definition) is 13. The molecule has 1 saturated heterocycles. The van der Waals surface area contributed by atoms with Crippen LogP contribution in [0.2, 0.25) is 0 Å². The largest absolute Gasteiger partial charge is 1.00 e. The van der Waals surface area contributed by atoms with Gasteiger partial charge in [0.05, 0.1) is 17.2 Å². The summed E-state index contributed by atoms with van der Waals surface area (Å²) in [6.07, 6.45) is 0. The number of thiazole rings is 1. The second-order valence-electron chi connectivity index (χ2n) is 6.47. The number of nitrogens with one attached hydrogen (secondary N) is 1. The van der Waals surface area contributed by atoms with Gasteiger partial charge in [-0.05, 0) is 16.0 Å². The van der Waals surface area contributed by atoms with Crippen LogP contribution in [0.1, 0.15) is 5.69 Å². The number of carboxylic acids is 1. The van der Waals surface area contributed by atoms with Crippen molar-refractivity contribution in [2.45, 2.75) is 16.6 Å². The van der Waals surface area contributed by atoms with Crippen LogP contribution in [-0.4, -0.2) is 83.6 Å². The summed E-state index contributed by atoms with van der Waals surface area (Å²) in [5, 5.41) is 30.8. The van der Waals surface area contributed by atoms with Crippen molar-refractivity contribution in [2.75, 3.05) is 18.6 Å². The quantitative estimate of drug-likeness (QED) is 0.117. The van der Waals surface area contributed by atoms with Crippen molar-refractivity contribution in [3.63, 3.8) is 0 Å². The fourth-order valence-electron chi connectivity index (χ4n) is 3.11. The van der Waals surface area contributed by atoms with E-state index in [1.807, 2.05) is 0 Å². The Bertz CT molecular complexity index is 1120. The van der Waals surface area contributed by atoms with Crippen molar-refractivity contribution in [3.8, 4) is 0 Å². The van der Waals surface area contributed by atoms with Gasteiger partial charge in [-0.2, -0.15) is 0 Å². The maximum atomic E-state index is 12.8. The molecule has 0 bridgehead atoms. The van der Waals surface area contributed by atoms with Crippen molar-refractivity contribution in [3.05, 3.63) is 27.9 Å². The molecule has 168 valence electrons. The number of amides is 2. The van der Waals surface area contributed by atoms with Crippen LogP contribution in [0.15, 0.2) is 32.5 Å². The Morgan fingerprint density at radius 1 is 1.45 bits per heavy atom. The molecule has 0 radical (unpaired) electrons. The van der Waals surface area contributed by atoms with Gasteiger partial charge in [-0.25, -0.2) is 9.67 Å². The summed E-state index contributed by atoms with van der Waals surface area (Å²) in [5.74, 6) is -2.04. The summed E-state index contributed by atoms with van der Waals surface area (Å²) in [6.45, 7) is 0. The Morgan fingerprint density at radius 2 is 2.24 bits per heavy atom. The first-order chi connectivity index (χ1) is 15.4. The Labute approximate surface area is 221 Å². The summed E-state index contributed by atoms with van der Waals surface area (Å²) < 4.78 is 1.46. The van der Waals surface area contributed by atoms with E-state index in [9.17, 15) is 19.5 Å². The monoisotopic (exact) mass is 518 g/mol. The average molecular weight is 519 g/mol. The zero-order valence-corrected chi connectivity index (χ0v) is 22.1. The number of carboxylic acid groups (broad SMARTS) is 1. The predicted octanol–water partition coefficient (Wildman–Crippen LogP) is -4.78. The molecule has 2 atom stereocenters. The Balaban J connectivity index is 0.00000306. The van der Waals surface area contributed by atoms with Gasteiger partial charge < -0.3 is 20.1 Å². The van der Waals surface area contributed by atoms with Gasteiger partial charge in [0.2, 0.25) is 5.16 Å². The van der Waals surface area contributed by atoms with Crippen molar-refractivity contribution in [1.82, 2.24) is 35.4 Å². The number of nitrogens with zero attached hydrogens (tertiary/aromatic N) is 7. The van der Waals surface area contributed by atoms with E-state index in [2.05, 4.69) is 31.0 Å². The minimum atomic E-state index is -1.45. The molecule has 2 aliphatic heterocycles. The smallest absolute Gasteiger partial charge is 0.543 e. The topological polar surface area (TPSA) is 168 Å². The van der Waals surface area contributed by atoms with E-state index >= 15 is 0 Å². The maximum absolute atomic E-state index is 12.8. The molecular weight excluding hydrogens is 503 g/mol. The van der Waals surface area contributed by atoms with E-state index in [-0.39, 0.29) is 46.7 Å². The molecule has 4 heterocycles. The number of β-lactam (4-membered cyclic amide) rings is 1. The third-order valence-electron chi connectivity index (χ3n) is 4.56. The first-order valence-corrected chi connectivity index (χ1v) is 11.9. The number of tetrazole rings is 1. The number of aliphatic carboxylic acids is 1. The van der Waals surface area contributed by atoms with E-state index in [4.69, 9.17) is 4.84 Å². The first kappa shape index (κ1) is 25.6. The second kappa shape index (κ2) is 11.0. The van der Waals surface area contributed by atoms with Crippen LogP contribution in [0.4, 0.5) is 0 Å². The molecule has 13 nitrogen and oxygen atoms in total. The molecule has 1 N–H and O–H groups in total. The molecule has 0 aromatic carbocycles. The number of thioether (sulfide) groups is 2. The minimum Gasteiger partial charge on any atom is -0.543 e. The van der Waals surface area contributed by atoms with Crippen LogP contribution >= 0.6 is 34.9 Å². The fourth-order valence-corrected chi connectivity index (χ4v) is 5.98. The van der Waals surface area contributed by atoms with Crippen LogP contribution in [0.3, 0.4) is 0 Å². The SMILES string of the molecule is CO/N=C(/C(=O)NC1C(=O)N2C(C(=O)[O-])=C(CSc3nnnn3C)CS[C@H]12)c1cscn1.[Na+]. The fraction of sp³-hybridized carbons (Fsp3) is 0.375. The number of fused-ring (bicyclic) bond motifs is 1. The van der Waals surface area contributed by atoms with Crippen LogP contribution in [-0.2, 0) is 26.3 Å². The summed E-state index contributed by atoms with van der Waals surface area (Å²) >= 11 is 3.87. The minimum absolute atomic E-state index is 0. The molecule has 0 spiro atoms. The third-order valence-corrected chi connectivity index (χ3v) is 7.58. The van der Waals surface area contributed by atoms with Crippen molar-refractivity contribution >= 4 is 58.4 Å². The zero-order valence-electron chi connectivity index (χ0n) is 17.6. The van der Waals surface area contributed by atoms with Gasteiger partial charge in [-0.15, -0.1) is 28.2 Å². The van der Waals surface area contributed by atoms with Gasteiger partial charge in [0.15, 0.2) is 5.71 Å². The second-order valence-corrected chi connectivity index (χ2v) is 9.24. The molecular formula is C16H15N8NaO5S3. The molecule has 17 heteroatoms. The number of carbonyl (C=O) groups is 3. The maximum Gasteiger partial charge on any atom is 1.00 e. The third kappa shape index (κ3) is 5.09. The molecule has 33 heavy (non-hydrogen) atoms. The van der Waals surface area contributed by atoms with E-state index in [0.717, 1.165) is 4.90 Å². The molecule has 0 aliphatic carbocycles. The normalized spacial score (nSPS) is 20.0. The van der Waals surface area contributed by atoms with Crippen molar-refractivity contribution in [2.24, 2.45) is 12.2 Å². The van der Waals surface area contributed by atoms with Crippen LogP contribution < -0.4 is 40.0 Å². The molecule has 2 aromatic rings. The van der Waals surface area contributed by atoms with Crippen LogP contribution in [0, 0.1) is 0 Å². The molecule has 1 unspecified atom stereocenters. The molecule has 4 rings (SSSR count). The molecule has 2 amide bonds. The molecule has 2 aliphatic rings. The van der Waals surface area contributed by atoms with Gasteiger partial charge >= 0.3 is 29.6 Å². The van der Waals surface area contributed by atoms with Gasteiger partial charge in [0.1, 0.15) is 24.2 Å². The number of rotatable bonds is 8. The van der Waals surface area contributed by atoms with Gasteiger partial charge in [-0.3, -0.25) is 14.5 Å². The van der Waals surface area contributed by atoms with Gasteiger partial charge in [-0.1, -0.05) is 16.9 Å². The molecule has 0 saturated carbocycles. The number of carbonyl (C=O) groups excluding carboxylic acids is 3. The number of oxime groups is 1. The van der Waals surface area contributed by atoms with Gasteiger partial charge in [0.25, 0.3) is 11.8 Å².